The molecule has 0 saturated carbocycles. The van der Waals surface area contributed by atoms with Gasteiger partial charge in [0.1, 0.15) is 10.6 Å². The van der Waals surface area contributed by atoms with E-state index in [9.17, 15) is 9.59 Å². The Morgan fingerprint density at radius 3 is 2.52 bits per heavy atom. The Labute approximate surface area is 173 Å². The van der Waals surface area contributed by atoms with E-state index in [-0.39, 0.29) is 5.91 Å². The lowest BCUT2D eigenvalue weighted by molar-refractivity contribution is 0.0954. The second-order valence-corrected chi connectivity index (χ2v) is 7.41. The first kappa shape index (κ1) is 20.3. The highest BCUT2D eigenvalue weighted by Gasteiger charge is 2.16. The highest BCUT2D eigenvalue weighted by Crippen LogP contribution is 2.23. The molecule has 3 N–H and O–H groups in total. The fraction of sp³-hybridized carbons (Fsp3) is 0.190. The molecular weight excluding hydrogens is 388 g/mol. The number of rotatable bonds is 6. The van der Waals surface area contributed by atoms with E-state index in [2.05, 4.69) is 20.9 Å². The van der Waals surface area contributed by atoms with Gasteiger partial charge in [0.2, 0.25) is 0 Å². The third-order valence-corrected chi connectivity index (χ3v) is 5.18. The van der Waals surface area contributed by atoms with Crippen molar-refractivity contribution in [1.82, 2.24) is 10.3 Å². The van der Waals surface area contributed by atoms with E-state index < -0.39 is 6.03 Å². The fourth-order valence-electron chi connectivity index (χ4n) is 2.65. The molecule has 0 atom stereocenters. The van der Waals surface area contributed by atoms with Crippen LogP contribution in [0.3, 0.4) is 0 Å². The summed E-state index contributed by atoms with van der Waals surface area (Å²) < 4.78 is 5.12. The van der Waals surface area contributed by atoms with Gasteiger partial charge in [0.05, 0.1) is 12.8 Å². The summed E-state index contributed by atoms with van der Waals surface area (Å²) in [6.45, 7) is 4.07. The van der Waals surface area contributed by atoms with Crippen molar-refractivity contribution in [1.29, 1.82) is 0 Å². The lowest BCUT2D eigenvalue weighted by Crippen LogP contribution is -2.22. The van der Waals surface area contributed by atoms with Crippen molar-refractivity contribution in [2.45, 2.75) is 20.4 Å². The second kappa shape index (κ2) is 9.20. The third-order valence-electron chi connectivity index (χ3n) is 4.11. The first-order chi connectivity index (χ1) is 13.9. The molecule has 3 rings (SSSR count). The smallest absolute Gasteiger partial charge is 0.325 e. The number of nitrogens with one attached hydrogen (secondary N) is 3. The molecule has 0 bridgehead atoms. The van der Waals surface area contributed by atoms with Gasteiger partial charge in [-0.15, -0.1) is 0 Å². The summed E-state index contributed by atoms with van der Waals surface area (Å²) in [5, 5.41) is 8.66. The van der Waals surface area contributed by atoms with Crippen molar-refractivity contribution >= 4 is 34.1 Å². The Morgan fingerprint density at radius 2 is 1.83 bits per heavy atom. The zero-order valence-corrected chi connectivity index (χ0v) is 17.2. The molecule has 8 heteroatoms. The quantitative estimate of drug-likeness (QED) is 0.564. The predicted molar refractivity (Wildman–Crippen MR) is 115 cm³/mol. The first-order valence-corrected chi connectivity index (χ1v) is 9.79. The number of thiazole rings is 1. The minimum atomic E-state index is -0.408. The summed E-state index contributed by atoms with van der Waals surface area (Å²) in [6, 6.07) is 14.5. The highest BCUT2D eigenvalue weighted by atomic mass is 32.1. The van der Waals surface area contributed by atoms with Crippen LogP contribution in [0, 0.1) is 13.8 Å². The largest absolute Gasteiger partial charge is 0.497 e. The number of urea groups is 1. The molecule has 1 heterocycles. The normalized spacial score (nSPS) is 10.3. The molecule has 3 aromatic rings. The van der Waals surface area contributed by atoms with Gasteiger partial charge >= 0.3 is 6.03 Å². The van der Waals surface area contributed by atoms with E-state index in [4.69, 9.17) is 4.74 Å². The molecule has 0 aliphatic heterocycles. The molecule has 0 aliphatic carbocycles. The Bertz CT molecular complexity index is 1020. The number of hydrogen-bond donors (Lipinski definition) is 3. The van der Waals surface area contributed by atoms with Gasteiger partial charge in [-0.3, -0.25) is 10.1 Å². The van der Waals surface area contributed by atoms with Gasteiger partial charge in [0, 0.05) is 12.2 Å². The maximum Gasteiger partial charge on any atom is 0.325 e. The van der Waals surface area contributed by atoms with Gasteiger partial charge in [-0.2, -0.15) is 0 Å². The van der Waals surface area contributed by atoms with Crippen molar-refractivity contribution in [3.05, 3.63) is 70.2 Å². The van der Waals surface area contributed by atoms with Crippen LogP contribution in [0.2, 0.25) is 0 Å². The van der Waals surface area contributed by atoms with Crippen molar-refractivity contribution in [2.24, 2.45) is 0 Å². The molecule has 2 aromatic carbocycles. The molecule has 150 valence electrons. The summed E-state index contributed by atoms with van der Waals surface area (Å²) in [5.74, 6) is 0.529. The number of carbonyl (C=O) groups excluding carboxylic acids is 2. The van der Waals surface area contributed by atoms with Gasteiger partial charge in [-0.05, 0) is 49.2 Å². The van der Waals surface area contributed by atoms with Gasteiger partial charge in [-0.25, -0.2) is 9.78 Å². The van der Waals surface area contributed by atoms with E-state index in [0.717, 1.165) is 28.2 Å². The number of hydrogen-bond acceptors (Lipinski definition) is 5. The van der Waals surface area contributed by atoms with Crippen molar-refractivity contribution in [3.8, 4) is 5.75 Å². The Hall–Kier alpha value is -3.39. The van der Waals surface area contributed by atoms with E-state index in [1.165, 1.54) is 0 Å². The number of nitrogens with zero attached hydrogens (tertiary/aromatic N) is 1. The number of anilines is 2. The van der Waals surface area contributed by atoms with Crippen LogP contribution in [0.15, 0.2) is 48.5 Å². The third kappa shape index (κ3) is 5.55. The molecular formula is C21H22N4O3S. The minimum Gasteiger partial charge on any atom is -0.497 e. The Balaban J connectivity index is 1.58. The molecule has 3 amide bonds. The zero-order chi connectivity index (χ0) is 20.8. The number of carbonyl (C=O) groups is 2. The average Bonchev–Trinajstić information content (AvgIpc) is 3.06. The maximum atomic E-state index is 12.5. The van der Waals surface area contributed by atoms with E-state index in [1.54, 1.807) is 20.1 Å². The summed E-state index contributed by atoms with van der Waals surface area (Å²) in [5.41, 5.74) is 3.25. The van der Waals surface area contributed by atoms with Gasteiger partial charge in [0.25, 0.3) is 5.91 Å². The molecule has 0 saturated heterocycles. The summed E-state index contributed by atoms with van der Waals surface area (Å²) in [6.07, 6.45) is 0. The molecule has 0 fully saturated rings. The molecule has 7 nitrogen and oxygen atoms in total. The van der Waals surface area contributed by atoms with Crippen LogP contribution in [-0.4, -0.2) is 24.0 Å². The summed E-state index contributed by atoms with van der Waals surface area (Å²) in [4.78, 5) is 29.4. The maximum absolute atomic E-state index is 12.5. The highest BCUT2D eigenvalue weighted by molar-refractivity contribution is 7.17. The van der Waals surface area contributed by atoms with Crippen LogP contribution in [0.4, 0.5) is 15.6 Å². The number of benzene rings is 2. The zero-order valence-electron chi connectivity index (χ0n) is 16.4. The van der Waals surface area contributed by atoms with Crippen LogP contribution in [0.25, 0.3) is 0 Å². The average molecular weight is 410 g/mol. The first-order valence-electron chi connectivity index (χ1n) is 8.98. The number of ether oxygens (including phenoxy) is 1. The molecule has 29 heavy (non-hydrogen) atoms. The monoisotopic (exact) mass is 410 g/mol. The lowest BCUT2D eigenvalue weighted by atomic mass is 10.2. The second-order valence-electron chi connectivity index (χ2n) is 6.41. The van der Waals surface area contributed by atoms with Crippen LogP contribution < -0.4 is 20.7 Å². The van der Waals surface area contributed by atoms with Crippen LogP contribution >= 0.6 is 11.3 Å². The molecule has 1 aromatic heterocycles. The minimum absolute atomic E-state index is 0.233. The Kier molecular flexibility index (Phi) is 6.46. The fourth-order valence-corrected chi connectivity index (χ4v) is 3.53. The topological polar surface area (TPSA) is 92.4 Å². The van der Waals surface area contributed by atoms with Crippen molar-refractivity contribution in [2.75, 3.05) is 17.7 Å². The predicted octanol–water partition coefficient (Wildman–Crippen LogP) is 4.34. The van der Waals surface area contributed by atoms with E-state index in [1.807, 2.05) is 49.4 Å². The number of methoxy groups -OCH3 is 1. The summed E-state index contributed by atoms with van der Waals surface area (Å²) in [7, 11) is 1.61. The van der Waals surface area contributed by atoms with Crippen LogP contribution in [0.1, 0.15) is 26.5 Å². The van der Waals surface area contributed by atoms with Crippen LogP contribution in [-0.2, 0) is 6.54 Å². The van der Waals surface area contributed by atoms with Crippen molar-refractivity contribution < 1.29 is 14.3 Å². The number of aromatic nitrogens is 1. The number of aryl methyl sites for hydroxylation is 2. The number of amides is 3. The van der Waals surface area contributed by atoms with Gasteiger partial charge < -0.3 is 15.4 Å². The molecule has 0 aliphatic rings. The van der Waals surface area contributed by atoms with Crippen molar-refractivity contribution in [3.63, 3.8) is 0 Å². The van der Waals surface area contributed by atoms with Gasteiger partial charge in [0.15, 0.2) is 5.13 Å². The van der Waals surface area contributed by atoms with E-state index >= 15 is 0 Å². The molecule has 0 unspecified atom stereocenters. The van der Waals surface area contributed by atoms with E-state index in [0.29, 0.717) is 27.9 Å². The molecule has 0 radical (unpaired) electrons. The lowest BCUT2D eigenvalue weighted by Gasteiger charge is -2.06. The van der Waals surface area contributed by atoms with Crippen LogP contribution in [0.5, 0.6) is 5.75 Å². The van der Waals surface area contributed by atoms with Gasteiger partial charge in [-0.1, -0.05) is 35.6 Å². The molecule has 0 spiro atoms. The Morgan fingerprint density at radius 1 is 1.07 bits per heavy atom. The summed E-state index contributed by atoms with van der Waals surface area (Å²) >= 11 is 1.14. The standard InChI is InChI=1S/C21H22N4O3S/c1-13-5-4-6-16(11-13)24-20(27)25-21-23-14(2)18(29-21)19(26)22-12-15-7-9-17(28-3)10-8-15/h4-11H,12H2,1-3H3,(H,22,26)(H2,23,24,25,27). The SMILES string of the molecule is COc1ccc(CNC(=O)c2sc(NC(=O)Nc3cccc(C)c3)nc2C)cc1.